The number of aryl methyl sites for hydroxylation is 1. The Morgan fingerprint density at radius 2 is 2.30 bits per heavy atom. The number of nitrogens with two attached hydrogens (primary N) is 1. The zero-order valence-electron chi connectivity index (χ0n) is 11.2. The lowest BCUT2D eigenvalue weighted by molar-refractivity contribution is -0.118. The molecule has 0 radical (unpaired) electrons. The van der Waals surface area contributed by atoms with Crippen molar-refractivity contribution in [3.05, 3.63) is 29.6 Å². The first-order chi connectivity index (χ1) is 9.60. The van der Waals surface area contributed by atoms with Crippen LogP contribution in [0, 0.1) is 0 Å². The molecule has 20 heavy (non-hydrogen) atoms. The molecular formula is C13H14N4OS2. The second kappa shape index (κ2) is 5.16. The normalized spacial score (nSPS) is 17.6. The maximum atomic E-state index is 11.8. The summed E-state index contributed by atoms with van der Waals surface area (Å²) in [5.41, 5.74) is 7.65. The van der Waals surface area contributed by atoms with Gasteiger partial charge in [0.1, 0.15) is 11.9 Å². The van der Waals surface area contributed by atoms with Gasteiger partial charge in [-0.3, -0.25) is 4.79 Å². The lowest BCUT2D eigenvalue weighted by atomic mass is 10.1. The summed E-state index contributed by atoms with van der Waals surface area (Å²) in [6.07, 6.45) is 0.841. The van der Waals surface area contributed by atoms with Crippen LogP contribution in [0.25, 0.3) is 0 Å². The average molecular weight is 306 g/mol. The Hall–Kier alpha value is -1.44. The number of hydrogen-bond acceptors (Lipinski definition) is 6. The lowest BCUT2D eigenvalue weighted by Crippen LogP contribution is -2.27. The van der Waals surface area contributed by atoms with E-state index >= 15 is 0 Å². The van der Waals surface area contributed by atoms with Gasteiger partial charge in [-0.05, 0) is 23.7 Å². The van der Waals surface area contributed by atoms with E-state index < -0.39 is 6.04 Å². The number of carbonyl (C=O) groups excluding carboxylic acids is 1. The predicted octanol–water partition coefficient (Wildman–Crippen LogP) is 2.23. The highest BCUT2D eigenvalue weighted by Gasteiger charge is 2.32. The zero-order valence-corrected chi connectivity index (χ0v) is 12.8. The zero-order chi connectivity index (χ0) is 14.3. The van der Waals surface area contributed by atoms with Crippen molar-refractivity contribution < 1.29 is 4.79 Å². The Kier molecular flexibility index (Phi) is 3.49. The molecule has 2 heterocycles. The summed E-state index contributed by atoms with van der Waals surface area (Å²) in [7, 11) is 1.75. The van der Waals surface area contributed by atoms with Gasteiger partial charge in [0.25, 0.3) is 0 Å². The van der Waals surface area contributed by atoms with Crippen LogP contribution in [0.3, 0.4) is 0 Å². The monoisotopic (exact) mass is 306 g/mol. The first-order valence-corrected chi connectivity index (χ1v) is 7.86. The maximum Gasteiger partial charge on any atom is 0.248 e. The summed E-state index contributed by atoms with van der Waals surface area (Å²) in [5, 5.41) is 0. The summed E-state index contributed by atoms with van der Waals surface area (Å²) in [5.74, 6) is 0.805. The number of hydrogen-bond donors (Lipinski definition) is 1. The van der Waals surface area contributed by atoms with Gasteiger partial charge in [-0.2, -0.15) is 4.37 Å². The molecule has 0 spiro atoms. The number of carbonyl (C=O) groups is 1. The van der Waals surface area contributed by atoms with E-state index in [0.29, 0.717) is 0 Å². The van der Waals surface area contributed by atoms with Crippen molar-refractivity contribution in [3.63, 3.8) is 0 Å². The number of likely N-dealkylation sites (N-methyl/N-ethyl adjacent to an activating group) is 1. The van der Waals surface area contributed by atoms with Gasteiger partial charge in [0, 0.05) is 29.6 Å². The van der Waals surface area contributed by atoms with Gasteiger partial charge in [0.05, 0.1) is 0 Å². The summed E-state index contributed by atoms with van der Waals surface area (Å²) in [6.45, 7) is 2.04. The molecule has 0 aliphatic carbocycles. The van der Waals surface area contributed by atoms with Gasteiger partial charge in [-0.25, -0.2) is 4.98 Å². The van der Waals surface area contributed by atoms with Gasteiger partial charge in [0.2, 0.25) is 5.91 Å². The van der Waals surface area contributed by atoms with Crippen molar-refractivity contribution in [1.82, 2.24) is 9.36 Å². The van der Waals surface area contributed by atoms with Crippen molar-refractivity contribution in [2.45, 2.75) is 28.6 Å². The van der Waals surface area contributed by atoms with Crippen molar-refractivity contribution in [2.75, 3.05) is 11.9 Å². The Bertz CT molecular complexity index is 670. The quantitative estimate of drug-likeness (QED) is 0.941. The molecule has 1 unspecified atom stereocenters. The van der Waals surface area contributed by atoms with Gasteiger partial charge in [-0.15, -0.1) is 0 Å². The lowest BCUT2D eigenvalue weighted by Gasteiger charge is -2.10. The van der Waals surface area contributed by atoms with Crippen LogP contribution in [-0.2, 0) is 11.2 Å². The van der Waals surface area contributed by atoms with Crippen LogP contribution in [0.5, 0.6) is 0 Å². The van der Waals surface area contributed by atoms with Crippen LogP contribution in [-0.4, -0.2) is 22.3 Å². The fraction of sp³-hybridized carbons (Fsp3) is 0.308. The molecule has 0 saturated carbocycles. The molecule has 1 aliphatic rings. The Labute approximate surface area is 125 Å². The minimum absolute atomic E-state index is 0.0636. The van der Waals surface area contributed by atoms with Crippen molar-refractivity contribution >= 4 is 34.9 Å². The highest BCUT2D eigenvalue weighted by Crippen LogP contribution is 2.38. The molecule has 7 heteroatoms. The van der Waals surface area contributed by atoms with Gasteiger partial charge in [0.15, 0.2) is 4.34 Å². The van der Waals surface area contributed by atoms with Crippen LogP contribution in [0.15, 0.2) is 27.4 Å². The van der Waals surface area contributed by atoms with E-state index in [4.69, 9.17) is 5.73 Å². The molecule has 1 amide bonds. The second-order valence-electron chi connectivity index (χ2n) is 4.53. The summed E-state index contributed by atoms with van der Waals surface area (Å²) in [4.78, 5) is 18.9. The average Bonchev–Trinajstić information content (AvgIpc) is 2.99. The van der Waals surface area contributed by atoms with Crippen LogP contribution < -0.4 is 10.6 Å². The summed E-state index contributed by atoms with van der Waals surface area (Å²) >= 11 is 2.96. The van der Waals surface area contributed by atoms with Gasteiger partial charge >= 0.3 is 0 Å². The number of amides is 1. The molecule has 5 nitrogen and oxygen atoms in total. The molecule has 3 rings (SSSR count). The van der Waals surface area contributed by atoms with E-state index in [1.54, 1.807) is 23.7 Å². The smallest absolute Gasteiger partial charge is 0.248 e. The maximum absolute atomic E-state index is 11.8. The van der Waals surface area contributed by atoms with Crippen LogP contribution in [0.1, 0.15) is 24.4 Å². The highest BCUT2D eigenvalue weighted by molar-refractivity contribution is 8.01. The highest BCUT2D eigenvalue weighted by atomic mass is 32.2. The van der Waals surface area contributed by atoms with Gasteiger partial charge < -0.3 is 10.6 Å². The number of anilines is 1. The predicted molar refractivity (Wildman–Crippen MR) is 80.2 cm³/mol. The first kappa shape index (κ1) is 13.5. The van der Waals surface area contributed by atoms with E-state index in [2.05, 4.69) is 9.36 Å². The number of nitrogens with zero attached hydrogens (tertiary/aromatic N) is 3. The van der Waals surface area contributed by atoms with E-state index in [-0.39, 0.29) is 5.91 Å². The van der Waals surface area contributed by atoms with Crippen molar-refractivity contribution in [2.24, 2.45) is 5.73 Å². The Balaban J connectivity index is 1.88. The third-order valence-electron chi connectivity index (χ3n) is 3.27. The molecule has 0 saturated heterocycles. The van der Waals surface area contributed by atoms with E-state index in [0.717, 1.165) is 32.7 Å². The standard InChI is InChI=1S/C13H14N4OS2/c1-3-10-15-13(20-16-10)19-7-4-5-8-9(6-7)17(2)12(18)11(8)14/h4-6,11H,3,14H2,1-2H3. The third kappa shape index (κ3) is 2.21. The third-order valence-corrected chi connectivity index (χ3v) is 5.04. The van der Waals surface area contributed by atoms with E-state index in [9.17, 15) is 4.79 Å². The molecular weight excluding hydrogens is 292 g/mol. The topological polar surface area (TPSA) is 72.1 Å². The van der Waals surface area contributed by atoms with Crippen LogP contribution in [0.2, 0.25) is 0 Å². The van der Waals surface area contributed by atoms with Crippen molar-refractivity contribution in [1.29, 1.82) is 0 Å². The van der Waals surface area contributed by atoms with Crippen molar-refractivity contribution in [3.8, 4) is 0 Å². The molecule has 1 aromatic heterocycles. The van der Waals surface area contributed by atoms with Crippen LogP contribution >= 0.6 is 23.3 Å². The minimum Gasteiger partial charge on any atom is -0.316 e. The fourth-order valence-corrected chi connectivity index (χ4v) is 3.83. The second-order valence-corrected chi connectivity index (χ2v) is 6.60. The number of aromatic nitrogens is 2. The summed E-state index contributed by atoms with van der Waals surface area (Å²) in [6, 6.07) is 5.34. The largest absolute Gasteiger partial charge is 0.316 e. The Morgan fingerprint density at radius 1 is 1.50 bits per heavy atom. The first-order valence-electron chi connectivity index (χ1n) is 6.27. The molecule has 0 fully saturated rings. The number of benzene rings is 1. The molecule has 1 aliphatic heterocycles. The number of rotatable bonds is 3. The van der Waals surface area contributed by atoms with E-state index in [1.165, 1.54) is 11.5 Å². The fourth-order valence-electron chi connectivity index (χ4n) is 2.12. The molecule has 104 valence electrons. The molecule has 1 atom stereocenters. The van der Waals surface area contributed by atoms with E-state index in [1.807, 2.05) is 25.1 Å². The van der Waals surface area contributed by atoms with Crippen LogP contribution in [0.4, 0.5) is 5.69 Å². The molecule has 2 N–H and O–H groups in total. The molecule has 1 aromatic carbocycles. The molecule has 2 aromatic rings. The summed E-state index contributed by atoms with van der Waals surface area (Å²) < 4.78 is 5.18. The van der Waals surface area contributed by atoms with Gasteiger partial charge in [-0.1, -0.05) is 24.8 Å². The Morgan fingerprint density at radius 3 is 3.00 bits per heavy atom. The number of fused-ring (bicyclic) bond motifs is 1. The SMILES string of the molecule is CCc1nsc(Sc2ccc3c(c2)N(C)C(=O)C3N)n1. The molecule has 0 bridgehead atoms. The minimum atomic E-state index is -0.540.